The zero-order chi connectivity index (χ0) is 10.3. The summed E-state index contributed by atoms with van der Waals surface area (Å²) in [4.78, 5) is 11.1. The number of carbonyl (C=O) groups is 1. The fourth-order valence-electron chi connectivity index (χ4n) is 1.33. The molecule has 0 radical (unpaired) electrons. The Morgan fingerprint density at radius 3 is 2.62 bits per heavy atom. The first-order valence-electron chi connectivity index (χ1n) is 4.66. The molecule has 76 valence electrons. The third-order valence-corrected chi connectivity index (χ3v) is 2.08. The first-order chi connectivity index (χ1) is 6.02. The van der Waals surface area contributed by atoms with Crippen LogP contribution in [0.15, 0.2) is 12.7 Å². The lowest BCUT2D eigenvalue weighted by atomic mass is 9.83. The van der Waals surface area contributed by atoms with E-state index in [1.165, 1.54) is 6.08 Å². The molecule has 0 saturated carbocycles. The Morgan fingerprint density at radius 1 is 1.54 bits per heavy atom. The van der Waals surface area contributed by atoms with Crippen LogP contribution in [0.25, 0.3) is 0 Å². The van der Waals surface area contributed by atoms with E-state index in [0.29, 0.717) is 6.42 Å². The molecule has 0 aliphatic carbocycles. The molecule has 2 nitrogen and oxygen atoms in total. The molecule has 0 aromatic rings. The van der Waals surface area contributed by atoms with E-state index in [1.54, 1.807) is 7.11 Å². The van der Waals surface area contributed by atoms with Gasteiger partial charge in [-0.05, 0) is 24.3 Å². The van der Waals surface area contributed by atoms with Crippen molar-refractivity contribution in [1.82, 2.24) is 0 Å². The maximum absolute atomic E-state index is 11.1. The second kappa shape index (κ2) is 5.92. The predicted molar refractivity (Wildman–Crippen MR) is 54.7 cm³/mol. The van der Waals surface area contributed by atoms with Gasteiger partial charge in [-0.3, -0.25) is 4.79 Å². The number of hydrogen-bond donors (Lipinski definition) is 0. The van der Waals surface area contributed by atoms with Crippen molar-refractivity contribution in [1.29, 1.82) is 0 Å². The summed E-state index contributed by atoms with van der Waals surface area (Å²) in [6.07, 6.45) is 4.01. The second-order valence-corrected chi connectivity index (χ2v) is 4.11. The summed E-state index contributed by atoms with van der Waals surface area (Å²) in [5.41, 5.74) is 0.0732. The topological polar surface area (TPSA) is 26.3 Å². The molecular weight excluding hydrogens is 164 g/mol. The first kappa shape index (κ1) is 12.4. The molecule has 0 saturated heterocycles. The molecule has 2 heteroatoms. The molecule has 0 heterocycles. The number of ketones is 1. The molecule has 0 aromatic carbocycles. The molecule has 0 atom stereocenters. The third kappa shape index (κ3) is 6.52. The van der Waals surface area contributed by atoms with E-state index < -0.39 is 0 Å². The van der Waals surface area contributed by atoms with Crippen LogP contribution in [-0.2, 0) is 9.53 Å². The van der Waals surface area contributed by atoms with Crippen molar-refractivity contribution in [2.45, 2.75) is 33.1 Å². The van der Waals surface area contributed by atoms with E-state index in [9.17, 15) is 4.79 Å². The van der Waals surface area contributed by atoms with Crippen LogP contribution in [0.4, 0.5) is 0 Å². The van der Waals surface area contributed by atoms with Gasteiger partial charge in [-0.1, -0.05) is 20.4 Å². The molecule has 13 heavy (non-hydrogen) atoms. The van der Waals surface area contributed by atoms with Gasteiger partial charge in [0.1, 0.15) is 0 Å². The van der Waals surface area contributed by atoms with Crippen molar-refractivity contribution in [3.8, 4) is 0 Å². The highest BCUT2D eigenvalue weighted by Crippen LogP contribution is 2.26. The maximum Gasteiger partial charge on any atom is 0.155 e. The lowest BCUT2D eigenvalue weighted by Gasteiger charge is -2.22. The maximum atomic E-state index is 11.1. The van der Waals surface area contributed by atoms with Crippen molar-refractivity contribution in [3.05, 3.63) is 12.7 Å². The fraction of sp³-hybridized carbons (Fsp3) is 0.727. The van der Waals surface area contributed by atoms with Crippen molar-refractivity contribution in [3.63, 3.8) is 0 Å². The number of methoxy groups -OCH3 is 1. The lowest BCUT2D eigenvalue weighted by molar-refractivity contribution is -0.116. The van der Waals surface area contributed by atoms with Crippen molar-refractivity contribution >= 4 is 5.78 Å². The standard InChI is InChI=1S/C11H20O2/c1-5-10(12)9-11(2,3)7-6-8-13-4/h5H,1,6-9H2,2-4H3. The Hall–Kier alpha value is -0.630. The largest absolute Gasteiger partial charge is 0.385 e. The average molecular weight is 184 g/mol. The molecule has 0 N–H and O–H groups in total. The van der Waals surface area contributed by atoms with Gasteiger partial charge in [0.05, 0.1) is 0 Å². The number of hydrogen-bond acceptors (Lipinski definition) is 2. The minimum atomic E-state index is 0.0732. The lowest BCUT2D eigenvalue weighted by Crippen LogP contribution is -2.16. The van der Waals surface area contributed by atoms with E-state index in [1.807, 2.05) is 0 Å². The van der Waals surface area contributed by atoms with Gasteiger partial charge >= 0.3 is 0 Å². The minimum absolute atomic E-state index is 0.0732. The summed E-state index contributed by atoms with van der Waals surface area (Å²) >= 11 is 0. The van der Waals surface area contributed by atoms with Crippen molar-refractivity contribution in [2.24, 2.45) is 5.41 Å². The predicted octanol–water partition coefficient (Wildman–Crippen LogP) is 2.58. The zero-order valence-electron chi connectivity index (χ0n) is 8.93. The third-order valence-electron chi connectivity index (χ3n) is 2.08. The van der Waals surface area contributed by atoms with Gasteiger partial charge in [0.25, 0.3) is 0 Å². The fourth-order valence-corrected chi connectivity index (χ4v) is 1.33. The van der Waals surface area contributed by atoms with Crippen LogP contribution in [0.1, 0.15) is 33.1 Å². The highest BCUT2D eigenvalue weighted by atomic mass is 16.5. The van der Waals surface area contributed by atoms with Gasteiger partial charge in [0, 0.05) is 20.1 Å². The Morgan fingerprint density at radius 2 is 2.15 bits per heavy atom. The van der Waals surface area contributed by atoms with Crippen molar-refractivity contribution < 1.29 is 9.53 Å². The number of ether oxygens (including phenoxy) is 1. The van der Waals surface area contributed by atoms with E-state index in [-0.39, 0.29) is 11.2 Å². The Kier molecular flexibility index (Phi) is 5.63. The van der Waals surface area contributed by atoms with E-state index in [4.69, 9.17) is 4.74 Å². The molecule has 0 aliphatic heterocycles. The SMILES string of the molecule is C=CC(=O)CC(C)(C)CCCOC. The van der Waals surface area contributed by atoms with Gasteiger partial charge in [-0.25, -0.2) is 0 Å². The monoisotopic (exact) mass is 184 g/mol. The summed E-state index contributed by atoms with van der Waals surface area (Å²) in [7, 11) is 1.70. The molecule has 0 rings (SSSR count). The molecule has 0 aliphatic rings. The Labute approximate surface area is 81.0 Å². The summed E-state index contributed by atoms with van der Waals surface area (Å²) in [5, 5.41) is 0. The number of allylic oxidation sites excluding steroid dienone is 1. The molecule has 0 unspecified atom stereocenters. The number of rotatable bonds is 7. The van der Waals surface area contributed by atoms with Gasteiger partial charge in [-0.15, -0.1) is 0 Å². The molecule has 0 fully saturated rings. The van der Waals surface area contributed by atoms with Crippen LogP contribution < -0.4 is 0 Å². The summed E-state index contributed by atoms with van der Waals surface area (Å²) in [6, 6.07) is 0. The van der Waals surface area contributed by atoms with Gasteiger partial charge in [0.2, 0.25) is 0 Å². The van der Waals surface area contributed by atoms with E-state index in [0.717, 1.165) is 19.4 Å². The van der Waals surface area contributed by atoms with Crippen LogP contribution in [0.5, 0.6) is 0 Å². The minimum Gasteiger partial charge on any atom is -0.385 e. The van der Waals surface area contributed by atoms with E-state index in [2.05, 4.69) is 20.4 Å². The van der Waals surface area contributed by atoms with Crippen LogP contribution >= 0.6 is 0 Å². The first-order valence-corrected chi connectivity index (χ1v) is 4.66. The van der Waals surface area contributed by atoms with Gasteiger partial charge < -0.3 is 4.74 Å². The molecular formula is C11H20O2. The average Bonchev–Trinajstić information content (AvgIpc) is 2.03. The molecule has 0 spiro atoms. The zero-order valence-corrected chi connectivity index (χ0v) is 8.93. The second-order valence-electron chi connectivity index (χ2n) is 4.11. The van der Waals surface area contributed by atoms with Crippen LogP contribution in [0.3, 0.4) is 0 Å². The van der Waals surface area contributed by atoms with Gasteiger partial charge in [0.15, 0.2) is 5.78 Å². The quantitative estimate of drug-likeness (QED) is 0.449. The van der Waals surface area contributed by atoms with Crippen LogP contribution in [0.2, 0.25) is 0 Å². The Bertz CT molecular complexity index is 171. The van der Waals surface area contributed by atoms with Crippen molar-refractivity contribution in [2.75, 3.05) is 13.7 Å². The Balaban J connectivity index is 3.78. The molecule has 0 aromatic heterocycles. The molecule has 0 bridgehead atoms. The summed E-state index contributed by atoms with van der Waals surface area (Å²) < 4.78 is 4.96. The molecule has 0 amide bonds. The highest BCUT2D eigenvalue weighted by Gasteiger charge is 2.19. The van der Waals surface area contributed by atoms with E-state index >= 15 is 0 Å². The summed E-state index contributed by atoms with van der Waals surface area (Å²) in [5.74, 6) is 0.127. The number of carbonyl (C=O) groups excluding carboxylic acids is 1. The van der Waals surface area contributed by atoms with Gasteiger partial charge in [-0.2, -0.15) is 0 Å². The van der Waals surface area contributed by atoms with Crippen LogP contribution in [-0.4, -0.2) is 19.5 Å². The van der Waals surface area contributed by atoms with Crippen LogP contribution in [0, 0.1) is 5.41 Å². The highest BCUT2D eigenvalue weighted by molar-refractivity contribution is 5.89. The summed E-state index contributed by atoms with van der Waals surface area (Å²) in [6.45, 7) is 8.44. The smallest absolute Gasteiger partial charge is 0.155 e. The normalized spacial score (nSPS) is 11.3.